The molecule has 1 atom stereocenters. The summed E-state index contributed by atoms with van der Waals surface area (Å²) >= 11 is 0. The quantitative estimate of drug-likeness (QED) is 0.490. The minimum atomic E-state index is -0.822. The van der Waals surface area contributed by atoms with Gasteiger partial charge in [0.15, 0.2) is 5.78 Å². The van der Waals surface area contributed by atoms with Gasteiger partial charge in [-0.25, -0.2) is 0 Å². The first-order valence-electron chi connectivity index (χ1n) is 10.2. The van der Waals surface area contributed by atoms with Crippen LogP contribution in [0.4, 0.5) is 0 Å². The lowest BCUT2D eigenvalue weighted by Crippen LogP contribution is -2.21. The molecule has 0 aliphatic carbocycles. The highest BCUT2D eigenvalue weighted by Gasteiger charge is 2.33. The molecule has 0 fully saturated rings. The number of Topliss-reactive ketones (excluding diaryl/α,β-unsaturated/α-hetero) is 1. The third-order valence-electron chi connectivity index (χ3n) is 5.26. The number of aromatic hydroxyl groups is 4. The van der Waals surface area contributed by atoms with Crippen LogP contribution in [0.25, 0.3) is 0 Å². The molecule has 0 saturated heterocycles. The number of phenols is 4. The smallest absolute Gasteiger partial charge is 0.174 e. The highest BCUT2D eigenvalue weighted by Crippen LogP contribution is 2.46. The van der Waals surface area contributed by atoms with Crippen molar-refractivity contribution in [3.8, 4) is 28.7 Å². The van der Waals surface area contributed by atoms with Crippen LogP contribution in [0.3, 0.4) is 0 Å². The van der Waals surface area contributed by atoms with Gasteiger partial charge < -0.3 is 25.2 Å². The molecule has 2 aromatic carbocycles. The van der Waals surface area contributed by atoms with Crippen molar-refractivity contribution in [2.45, 2.75) is 53.1 Å². The lowest BCUT2D eigenvalue weighted by Gasteiger charge is -2.28. The topological polar surface area (TPSA) is 107 Å². The van der Waals surface area contributed by atoms with E-state index in [1.807, 2.05) is 39.8 Å². The zero-order valence-electron chi connectivity index (χ0n) is 18.2. The van der Waals surface area contributed by atoms with Crippen LogP contribution in [0.5, 0.6) is 28.7 Å². The van der Waals surface area contributed by atoms with E-state index in [0.717, 1.165) is 17.2 Å². The molecule has 0 spiro atoms. The Morgan fingerprint density at radius 3 is 2.26 bits per heavy atom. The Morgan fingerprint density at radius 2 is 1.61 bits per heavy atom. The van der Waals surface area contributed by atoms with Gasteiger partial charge in [-0.05, 0) is 52.2 Å². The molecule has 0 bridgehead atoms. The molecule has 2 aromatic rings. The fraction of sp³-hybridized carbons (Fsp3) is 0.320. The Morgan fingerprint density at radius 1 is 0.968 bits per heavy atom. The zero-order chi connectivity index (χ0) is 22.9. The molecule has 6 nitrogen and oxygen atoms in total. The second kappa shape index (κ2) is 8.76. The van der Waals surface area contributed by atoms with E-state index < -0.39 is 6.10 Å². The molecule has 0 aromatic heterocycles. The van der Waals surface area contributed by atoms with Crippen molar-refractivity contribution in [1.82, 2.24) is 0 Å². The van der Waals surface area contributed by atoms with E-state index in [-0.39, 0.29) is 46.5 Å². The Bertz CT molecular complexity index is 1090. The second-order valence-corrected chi connectivity index (χ2v) is 8.34. The number of rotatable bonds is 5. The molecule has 6 heteroatoms. The van der Waals surface area contributed by atoms with Gasteiger partial charge in [0.25, 0.3) is 0 Å². The molecule has 0 radical (unpaired) electrons. The van der Waals surface area contributed by atoms with Crippen LogP contribution in [0.2, 0.25) is 0 Å². The number of phenolic OH excluding ortho intramolecular Hbond substituents is 4. The van der Waals surface area contributed by atoms with Crippen LogP contribution in [0.1, 0.15) is 67.3 Å². The molecule has 0 saturated carbocycles. The molecule has 0 amide bonds. The average molecular weight is 424 g/mol. The Balaban J connectivity index is 2.12. The summed E-state index contributed by atoms with van der Waals surface area (Å²) in [5.41, 5.74) is 3.52. The largest absolute Gasteiger partial charge is 0.508 e. The van der Waals surface area contributed by atoms with Crippen LogP contribution in [-0.2, 0) is 12.8 Å². The number of hydrogen-bond donors (Lipinski definition) is 4. The Kier molecular flexibility index (Phi) is 6.29. The van der Waals surface area contributed by atoms with E-state index in [1.165, 1.54) is 6.07 Å². The summed E-state index contributed by atoms with van der Waals surface area (Å²) in [6.45, 7) is 7.78. The highest BCUT2D eigenvalue weighted by molar-refractivity contribution is 6.02. The van der Waals surface area contributed by atoms with Gasteiger partial charge in [-0.3, -0.25) is 4.79 Å². The average Bonchev–Trinajstić information content (AvgIpc) is 2.65. The molecule has 1 aliphatic rings. The minimum Gasteiger partial charge on any atom is -0.508 e. The fourth-order valence-electron chi connectivity index (χ4n) is 3.62. The lowest BCUT2D eigenvalue weighted by atomic mass is 9.90. The van der Waals surface area contributed by atoms with Gasteiger partial charge in [-0.1, -0.05) is 23.3 Å². The van der Waals surface area contributed by atoms with Crippen molar-refractivity contribution >= 4 is 5.78 Å². The van der Waals surface area contributed by atoms with Gasteiger partial charge in [0, 0.05) is 23.3 Å². The molecular weight excluding hydrogens is 396 g/mol. The van der Waals surface area contributed by atoms with Crippen molar-refractivity contribution < 1.29 is 30.0 Å². The zero-order valence-corrected chi connectivity index (χ0v) is 18.2. The first-order valence-corrected chi connectivity index (χ1v) is 10.2. The van der Waals surface area contributed by atoms with Crippen LogP contribution >= 0.6 is 0 Å². The Hall–Kier alpha value is -3.41. The van der Waals surface area contributed by atoms with Crippen molar-refractivity contribution in [1.29, 1.82) is 0 Å². The Labute approximate surface area is 181 Å². The number of hydrogen-bond acceptors (Lipinski definition) is 6. The van der Waals surface area contributed by atoms with Crippen molar-refractivity contribution in [3.63, 3.8) is 0 Å². The maximum absolute atomic E-state index is 12.7. The normalized spacial score (nSPS) is 15.1. The van der Waals surface area contributed by atoms with E-state index in [1.54, 1.807) is 6.07 Å². The number of ketones is 1. The molecular formula is C25H28O6. The summed E-state index contributed by atoms with van der Waals surface area (Å²) in [5, 5.41) is 41.6. The van der Waals surface area contributed by atoms with Crippen molar-refractivity contribution in [2.75, 3.05) is 0 Å². The number of ether oxygens (including phenoxy) is 1. The van der Waals surface area contributed by atoms with E-state index >= 15 is 0 Å². The van der Waals surface area contributed by atoms with E-state index in [0.29, 0.717) is 29.5 Å². The molecule has 31 heavy (non-hydrogen) atoms. The summed E-state index contributed by atoms with van der Waals surface area (Å²) in [5.74, 6) is -0.971. The van der Waals surface area contributed by atoms with Gasteiger partial charge in [0.2, 0.25) is 0 Å². The molecule has 0 unspecified atom stereocenters. The summed E-state index contributed by atoms with van der Waals surface area (Å²) in [6.07, 6.45) is 3.75. The lowest BCUT2D eigenvalue weighted by molar-refractivity contribution is 0.0842. The van der Waals surface area contributed by atoms with Gasteiger partial charge in [-0.15, -0.1) is 0 Å². The second-order valence-electron chi connectivity index (χ2n) is 8.34. The molecule has 1 heterocycles. The number of allylic oxidation sites excluding steroid dienone is 4. The molecule has 4 N–H and O–H groups in total. The molecule has 1 aliphatic heterocycles. The van der Waals surface area contributed by atoms with E-state index in [2.05, 4.69) is 0 Å². The van der Waals surface area contributed by atoms with Gasteiger partial charge >= 0.3 is 0 Å². The minimum absolute atomic E-state index is 0.0156. The van der Waals surface area contributed by atoms with Crippen LogP contribution in [0.15, 0.2) is 41.5 Å². The summed E-state index contributed by atoms with van der Waals surface area (Å²) < 4.78 is 5.92. The monoisotopic (exact) mass is 424 g/mol. The number of carbonyl (C=O) groups is 1. The summed E-state index contributed by atoms with van der Waals surface area (Å²) in [7, 11) is 0. The predicted molar refractivity (Wildman–Crippen MR) is 118 cm³/mol. The number of carbonyl (C=O) groups excluding carboxylic acids is 1. The van der Waals surface area contributed by atoms with Gasteiger partial charge in [-0.2, -0.15) is 0 Å². The summed E-state index contributed by atoms with van der Waals surface area (Å²) in [4.78, 5) is 12.7. The van der Waals surface area contributed by atoms with E-state index in [9.17, 15) is 25.2 Å². The first kappa shape index (κ1) is 22.3. The summed E-state index contributed by atoms with van der Waals surface area (Å²) in [6, 6.07) is 4.01. The standard InChI is InChI=1S/C25H28O6/c1-13(2)5-7-15-9-18(25(30)17(24(15)29)8-6-14(3)4)21-12-20(28)23-19(27)10-16(26)11-22(23)31-21/h5-6,9-11,21,26-27,29-30H,7-8,12H2,1-4H3/t21-/m1/s1. The predicted octanol–water partition coefficient (Wildman–Crippen LogP) is 5.23. The van der Waals surface area contributed by atoms with Crippen molar-refractivity contribution in [2.24, 2.45) is 0 Å². The van der Waals surface area contributed by atoms with Crippen LogP contribution in [-0.4, -0.2) is 26.2 Å². The molecule has 164 valence electrons. The third-order valence-corrected chi connectivity index (χ3v) is 5.26. The van der Waals surface area contributed by atoms with Crippen molar-refractivity contribution in [3.05, 3.63) is 63.8 Å². The fourth-order valence-corrected chi connectivity index (χ4v) is 3.62. The van der Waals surface area contributed by atoms with Gasteiger partial charge in [0.1, 0.15) is 40.4 Å². The number of benzene rings is 2. The number of fused-ring (bicyclic) bond motifs is 1. The van der Waals surface area contributed by atoms with Crippen LogP contribution in [0, 0.1) is 0 Å². The van der Waals surface area contributed by atoms with Gasteiger partial charge in [0.05, 0.1) is 6.42 Å². The SMILES string of the molecule is CC(C)=CCc1cc([C@H]2CC(=O)c3c(O)cc(O)cc3O2)c(O)c(CC=C(C)C)c1O. The third kappa shape index (κ3) is 4.68. The highest BCUT2D eigenvalue weighted by atomic mass is 16.5. The maximum Gasteiger partial charge on any atom is 0.174 e. The first-order chi connectivity index (χ1) is 14.6. The van der Waals surface area contributed by atoms with Crippen LogP contribution < -0.4 is 4.74 Å². The maximum atomic E-state index is 12.7. The molecule has 3 rings (SSSR count). The van der Waals surface area contributed by atoms with E-state index in [4.69, 9.17) is 4.74 Å².